The van der Waals surface area contributed by atoms with Gasteiger partial charge >= 0.3 is 0 Å². The van der Waals surface area contributed by atoms with Crippen LogP contribution in [-0.2, 0) is 11.3 Å². The maximum Gasteiger partial charge on any atom is 0.254 e. The monoisotopic (exact) mass is 404 g/mol. The number of halogens is 2. The molecule has 27 heavy (non-hydrogen) atoms. The number of hydrazone groups is 1. The molecule has 1 amide bonds. The minimum absolute atomic E-state index is 0.132. The molecule has 1 fully saturated rings. The third-order valence-corrected chi connectivity index (χ3v) is 5.00. The Morgan fingerprint density at radius 1 is 1.04 bits per heavy atom. The summed E-state index contributed by atoms with van der Waals surface area (Å²) in [5.74, 6) is -0.132. The van der Waals surface area contributed by atoms with Crippen molar-refractivity contribution in [3.63, 3.8) is 0 Å². The molecule has 0 radical (unpaired) electrons. The molecule has 0 spiro atoms. The lowest BCUT2D eigenvalue weighted by Gasteiger charge is -2.34. The summed E-state index contributed by atoms with van der Waals surface area (Å²) in [5, 5.41) is 5.04. The number of piperazine rings is 1. The fraction of sp³-hybridized carbons (Fsp3) is 0.300. The Balaban J connectivity index is 1.39. The molecule has 0 saturated carbocycles. The number of benzene rings is 2. The third-order valence-electron chi connectivity index (χ3n) is 4.44. The number of nitrogens with one attached hydrogen (secondary N) is 1. The van der Waals surface area contributed by atoms with Crippen LogP contribution in [0.15, 0.2) is 53.6 Å². The summed E-state index contributed by atoms with van der Waals surface area (Å²) >= 11 is 11.9. The van der Waals surface area contributed by atoms with E-state index in [1.165, 1.54) is 11.8 Å². The number of hydrogen-bond donors (Lipinski definition) is 1. The highest BCUT2D eigenvalue weighted by molar-refractivity contribution is 6.36. The minimum atomic E-state index is -0.132. The summed E-state index contributed by atoms with van der Waals surface area (Å²) in [4.78, 5) is 16.6. The second-order valence-corrected chi connectivity index (χ2v) is 7.34. The summed E-state index contributed by atoms with van der Waals surface area (Å²) < 4.78 is 0. The van der Waals surface area contributed by atoms with Gasteiger partial charge in [-0.3, -0.25) is 14.6 Å². The van der Waals surface area contributed by atoms with E-state index in [1.807, 2.05) is 6.07 Å². The van der Waals surface area contributed by atoms with Gasteiger partial charge in [-0.1, -0.05) is 59.6 Å². The topological polar surface area (TPSA) is 47.9 Å². The molecular formula is C20H22Cl2N4O. The van der Waals surface area contributed by atoms with Gasteiger partial charge in [0.1, 0.15) is 0 Å². The van der Waals surface area contributed by atoms with Crippen molar-refractivity contribution in [2.75, 3.05) is 32.7 Å². The standard InChI is InChI=1S/C20H22Cl2N4O/c21-18-7-6-17(19(22)12-18)13-23-24-20(27)15-26-10-8-25(9-11-26)14-16-4-2-1-3-5-16/h1-7,12-13H,8-11,14-15H2,(H,24,27)/b23-13+. The van der Waals surface area contributed by atoms with E-state index >= 15 is 0 Å². The zero-order chi connectivity index (χ0) is 19.1. The first-order valence-electron chi connectivity index (χ1n) is 8.86. The van der Waals surface area contributed by atoms with Crippen LogP contribution in [0.25, 0.3) is 0 Å². The Morgan fingerprint density at radius 3 is 2.44 bits per heavy atom. The van der Waals surface area contributed by atoms with Crippen LogP contribution in [0.1, 0.15) is 11.1 Å². The summed E-state index contributed by atoms with van der Waals surface area (Å²) in [6.45, 7) is 4.93. The Kier molecular flexibility index (Phi) is 7.24. The van der Waals surface area contributed by atoms with Crippen LogP contribution in [0.5, 0.6) is 0 Å². The molecule has 3 rings (SSSR count). The van der Waals surface area contributed by atoms with Gasteiger partial charge in [0.2, 0.25) is 0 Å². The molecule has 1 N–H and O–H groups in total. The van der Waals surface area contributed by atoms with Gasteiger partial charge in [-0.05, 0) is 17.7 Å². The normalized spacial score (nSPS) is 15.9. The van der Waals surface area contributed by atoms with Crippen molar-refractivity contribution in [2.24, 2.45) is 5.10 Å². The summed E-state index contributed by atoms with van der Waals surface area (Å²) in [5.41, 5.74) is 4.58. The first-order chi connectivity index (χ1) is 13.1. The molecule has 1 aliphatic heterocycles. The smallest absolute Gasteiger partial charge is 0.254 e. The second kappa shape index (κ2) is 9.85. The van der Waals surface area contributed by atoms with Crippen LogP contribution < -0.4 is 5.43 Å². The molecule has 5 nitrogen and oxygen atoms in total. The van der Waals surface area contributed by atoms with E-state index in [4.69, 9.17) is 23.2 Å². The van der Waals surface area contributed by atoms with Crippen molar-refractivity contribution in [1.29, 1.82) is 0 Å². The van der Waals surface area contributed by atoms with E-state index in [9.17, 15) is 4.79 Å². The van der Waals surface area contributed by atoms with Crippen LogP contribution in [0.2, 0.25) is 10.0 Å². The predicted octanol–water partition coefficient (Wildman–Crippen LogP) is 3.26. The van der Waals surface area contributed by atoms with Crippen molar-refractivity contribution in [2.45, 2.75) is 6.54 Å². The van der Waals surface area contributed by atoms with Crippen molar-refractivity contribution in [3.05, 3.63) is 69.7 Å². The lowest BCUT2D eigenvalue weighted by Crippen LogP contribution is -2.48. The zero-order valence-electron chi connectivity index (χ0n) is 14.9. The van der Waals surface area contributed by atoms with Gasteiger partial charge in [0.25, 0.3) is 5.91 Å². The molecule has 7 heteroatoms. The SMILES string of the molecule is O=C(CN1CCN(Cc2ccccc2)CC1)N/N=C/c1ccc(Cl)cc1Cl. The number of nitrogens with zero attached hydrogens (tertiary/aromatic N) is 3. The largest absolute Gasteiger partial charge is 0.297 e. The lowest BCUT2D eigenvalue weighted by molar-refractivity contribution is -0.122. The molecule has 0 unspecified atom stereocenters. The highest BCUT2D eigenvalue weighted by atomic mass is 35.5. The molecule has 0 aliphatic carbocycles. The number of amides is 1. The van der Waals surface area contributed by atoms with Crippen molar-refractivity contribution >= 4 is 35.3 Å². The highest BCUT2D eigenvalue weighted by Gasteiger charge is 2.18. The molecule has 0 bridgehead atoms. The van der Waals surface area contributed by atoms with E-state index in [0.29, 0.717) is 22.2 Å². The summed E-state index contributed by atoms with van der Waals surface area (Å²) in [6.07, 6.45) is 1.52. The Hall–Kier alpha value is -1.92. The van der Waals surface area contributed by atoms with Gasteiger partial charge in [-0.15, -0.1) is 0 Å². The van der Waals surface area contributed by atoms with Crippen molar-refractivity contribution in [3.8, 4) is 0 Å². The molecule has 2 aromatic carbocycles. The molecule has 0 atom stereocenters. The summed E-state index contributed by atoms with van der Waals surface area (Å²) in [6, 6.07) is 15.6. The number of carbonyl (C=O) groups excluding carboxylic acids is 1. The van der Waals surface area contributed by atoms with E-state index in [-0.39, 0.29) is 5.91 Å². The minimum Gasteiger partial charge on any atom is -0.297 e. The fourth-order valence-electron chi connectivity index (χ4n) is 2.97. The van der Waals surface area contributed by atoms with Gasteiger partial charge in [0.15, 0.2) is 0 Å². The van der Waals surface area contributed by atoms with Crippen LogP contribution in [0.4, 0.5) is 0 Å². The van der Waals surface area contributed by atoms with Crippen molar-refractivity contribution < 1.29 is 4.79 Å². The van der Waals surface area contributed by atoms with Crippen LogP contribution in [0, 0.1) is 0 Å². The van der Waals surface area contributed by atoms with Crippen LogP contribution in [-0.4, -0.2) is 54.6 Å². The number of hydrogen-bond acceptors (Lipinski definition) is 4. The van der Waals surface area contributed by atoms with Crippen molar-refractivity contribution in [1.82, 2.24) is 15.2 Å². The maximum atomic E-state index is 12.1. The number of rotatable bonds is 6. The number of carbonyl (C=O) groups is 1. The molecule has 1 heterocycles. The zero-order valence-corrected chi connectivity index (χ0v) is 16.5. The average molecular weight is 405 g/mol. The van der Waals surface area contributed by atoms with E-state index in [1.54, 1.807) is 18.2 Å². The quantitative estimate of drug-likeness (QED) is 0.593. The van der Waals surface area contributed by atoms with Crippen LogP contribution >= 0.6 is 23.2 Å². The molecular weight excluding hydrogens is 383 g/mol. The van der Waals surface area contributed by atoms with Gasteiger partial charge in [0.05, 0.1) is 17.8 Å². The molecule has 1 saturated heterocycles. The molecule has 2 aromatic rings. The summed E-state index contributed by atoms with van der Waals surface area (Å²) in [7, 11) is 0. The first-order valence-corrected chi connectivity index (χ1v) is 9.61. The second-order valence-electron chi connectivity index (χ2n) is 6.50. The van der Waals surface area contributed by atoms with E-state index < -0.39 is 0 Å². The average Bonchev–Trinajstić information content (AvgIpc) is 2.66. The predicted molar refractivity (Wildman–Crippen MR) is 110 cm³/mol. The van der Waals surface area contributed by atoms with Gasteiger partial charge in [-0.25, -0.2) is 5.43 Å². The lowest BCUT2D eigenvalue weighted by atomic mass is 10.2. The van der Waals surface area contributed by atoms with Gasteiger partial charge in [0, 0.05) is 43.3 Å². The molecule has 0 aromatic heterocycles. The Labute approximate surface area is 169 Å². The fourth-order valence-corrected chi connectivity index (χ4v) is 3.42. The first kappa shape index (κ1) is 19.8. The molecule has 142 valence electrons. The van der Waals surface area contributed by atoms with E-state index in [0.717, 1.165) is 32.7 Å². The van der Waals surface area contributed by atoms with Gasteiger partial charge in [-0.2, -0.15) is 5.10 Å². The Bertz CT molecular complexity index is 790. The molecule has 1 aliphatic rings. The van der Waals surface area contributed by atoms with Crippen LogP contribution in [0.3, 0.4) is 0 Å². The third kappa shape index (κ3) is 6.33. The van der Waals surface area contributed by atoms with Gasteiger partial charge < -0.3 is 0 Å². The highest BCUT2D eigenvalue weighted by Crippen LogP contribution is 2.19. The maximum absolute atomic E-state index is 12.1. The Morgan fingerprint density at radius 2 is 1.74 bits per heavy atom. The van der Waals surface area contributed by atoms with E-state index in [2.05, 4.69) is 44.6 Å².